The van der Waals surface area contributed by atoms with Crippen molar-refractivity contribution in [1.82, 2.24) is 10.4 Å². The van der Waals surface area contributed by atoms with Gasteiger partial charge in [-0.25, -0.2) is 18.7 Å². The summed E-state index contributed by atoms with van der Waals surface area (Å²) in [6.07, 6.45) is -0.230. The van der Waals surface area contributed by atoms with E-state index in [0.29, 0.717) is 25.3 Å². The summed E-state index contributed by atoms with van der Waals surface area (Å²) in [5, 5.41) is 9.15. The van der Waals surface area contributed by atoms with E-state index in [9.17, 15) is 18.0 Å². The lowest BCUT2D eigenvalue weighted by Crippen LogP contribution is -2.54. The van der Waals surface area contributed by atoms with Crippen LogP contribution in [-0.4, -0.2) is 67.7 Å². The fourth-order valence-electron chi connectivity index (χ4n) is 4.68. The number of hydroxylamine groups is 1. The molecule has 11 heteroatoms. The summed E-state index contributed by atoms with van der Waals surface area (Å²) in [4.78, 5) is 26.3. The van der Waals surface area contributed by atoms with Crippen LogP contribution in [0.4, 0.5) is 4.79 Å². The van der Waals surface area contributed by atoms with Crippen LogP contribution < -0.4 is 10.2 Å². The van der Waals surface area contributed by atoms with Crippen molar-refractivity contribution >= 4 is 21.8 Å². The fraction of sp³-hybridized carbons (Fsp3) is 0.440. The summed E-state index contributed by atoms with van der Waals surface area (Å²) in [5.41, 5.74) is 2.45. The largest absolute Gasteiger partial charge is 0.494 e. The number of hydrogen-bond acceptors (Lipinski definition) is 8. The van der Waals surface area contributed by atoms with Crippen LogP contribution in [0.15, 0.2) is 59.5 Å². The van der Waals surface area contributed by atoms with Gasteiger partial charge >= 0.3 is 6.09 Å². The fourth-order valence-corrected chi connectivity index (χ4v) is 6.61. The van der Waals surface area contributed by atoms with E-state index in [4.69, 9.17) is 19.4 Å². The van der Waals surface area contributed by atoms with E-state index in [2.05, 4.69) is 0 Å². The van der Waals surface area contributed by atoms with E-state index in [1.807, 2.05) is 37.3 Å². The smallest absolute Gasteiger partial charge is 0.410 e. The molecule has 2 heterocycles. The van der Waals surface area contributed by atoms with Crippen LogP contribution in [0, 0.1) is 0 Å². The standard InChI is InChI=1S/C25H30N2O8S/c1-18-22(19-6-3-2-4-7-19)35-24(29)27(18)14-5-15-34-20-8-10-21(11-9-20)36(31,32)25(23(28)26-30)12-16-33-17-13-25/h2-4,6-11,18,22,30H,5,12-17H2,1H3,(H,26,28)/t18-,22-/m0/s1. The summed E-state index contributed by atoms with van der Waals surface area (Å²) in [6.45, 7) is 2.92. The van der Waals surface area contributed by atoms with Crippen LogP contribution in [-0.2, 0) is 24.1 Å². The topological polar surface area (TPSA) is 131 Å². The molecule has 4 rings (SSSR count). The second kappa shape index (κ2) is 10.9. The van der Waals surface area contributed by atoms with Crippen LogP contribution >= 0.6 is 0 Å². The highest BCUT2D eigenvalue weighted by Crippen LogP contribution is 2.36. The average molecular weight is 519 g/mol. The Labute approximate surface area is 210 Å². The molecule has 2 aliphatic heterocycles. The third kappa shape index (κ3) is 4.91. The van der Waals surface area contributed by atoms with E-state index in [0.717, 1.165) is 5.56 Å². The second-order valence-electron chi connectivity index (χ2n) is 8.87. The molecule has 2 fully saturated rings. The van der Waals surface area contributed by atoms with E-state index in [-0.39, 0.29) is 49.2 Å². The number of nitrogens with zero attached hydrogens (tertiary/aromatic N) is 1. The Morgan fingerprint density at radius 3 is 2.44 bits per heavy atom. The first kappa shape index (κ1) is 25.9. The number of carbonyl (C=O) groups excluding carboxylic acids is 2. The SMILES string of the molecule is C[C@H]1[C@@H](c2ccccc2)OC(=O)N1CCCOc1ccc(S(=O)(=O)C2(C(=O)NO)CCOCC2)cc1. The number of benzene rings is 2. The third-order valence-electron chi connectivity index (χ3n) is 6.80. The summed E-state index contributed by atoms with van der Waals surface area (Å²) in [6, 6.07) is 15.3. The Kier molecular flexibility index (Phi) is 7.82. The maximum absolute atomic E-state index is 13.3. The number of hydrogen-bond donors (Lipinski definition) is 2. The normalized spacial score (nSPS) is 21.6. The molecule has 10 nitrogen and oxygen atoms in total. The van der Waals surface area contributed by atoms with Gasteiger partial charge in [-0.15, -0.1) is 0 Å². The molecule has 2 aromatic carbocycles. The minimum absolute atomic E-state index is 0.0408. The van der Waals surface area contributed by atoms with Crippen LogP contribution in [0.3, 0.4) is 0 Å². The summed E-state index contributed by atoms with van der Waals surface area (Å²) < 4.78 is 41.3. The van der Waals surface area contributed by atoms with E-state index >= 15 is 0 Å². The maximum atomic E-state index is 13.3. The van der Waals surface area contributed by atoms with Gasteiger partial charge in [0.2, 0.25) is 0 Å². The monoisotopic (exact) mass is 518 g/mol. The first-order chi connectivity index (χ1) is 17.3. The number of ether oxygens (including phenoxy) is 3. The number of rotatable bonds is 9. The van der Waals surface area contributed by atoms with Gasteiger partial charge in [0.1, 0.15) is 11.9 Å². The molecule has 0 aliphatic carbocycles. The summed E-state index contributed by atoms with van der Waals surface area (Å²) in [7, 11) is -4.09. The van der Waals surface area contributed by atoms with Gasteiger partial charge in [-0.2, -0.15) is 0 Å². The molecule has 0 saturated carbocycles. The molecule has 194 valence electrons. The van der Waals surface area contributed by atoms with Crippen molar-refractivity contribution in [3.8, 4) is 5.75 Å². The first-order valence-electron chi connectivity index (χ1n) is 11.8. The van der Waals surface area contributed by atoms with Crippen LogP contribution in [0.1, 0.15) is 37.9 Å². The Morgan fingerprint density at radius 2 is 1.81 bits per heavy atom. The molecular weight excluding hydrogens is 488 g/mol. The second-order valence-corrected chi connectivity index (χ2v) is 11.1. The number of carbonyl (C=O) groups is 2. The van der Waals surface area contributed by atoms with Gasteiger partial charge in [-0.1, -0.05) is 30.3 Å². The Morgan fingerprint density at radius 1 is 1.14 bits per heavy atom. The molecule has 2 amide bonds. The molecule has 0 bridgehead atoms. The number of amides is 2. The highest BCUT2D eigenvalue weighted by molar-refractivity contribution is 7.93. The van der Waals surface area contributed by atoms with Gasteiger partial charge in [0.15, 0.2) is 14.6 Å². The van der Waals surface area contributed by atoms with Gasteiger partial charge in [0, 0.05) is 19.8 Å². The van der Waals surface area contributed by atoms with Crippen molar-refractivity contribution in [1.29, 1.82) is 0 Å². The molecule has 36 heavy (non-hydrogen) atoms. The molecule has 0 spiro atoms. The van der Waals surface area contributed by atoms with Crippen LogP contribution in [0.25, 0.3) is 0 Å². The van der Waals surface area contributed by atoms with Crippen molar-refractivity contribution in [3.63, 3.8) is 0 Å². The van der Waals surface area contributed by atoms with Crippen molar-refractivity contribution in [2.24, 2.45) is 0 Å². The van der Waals surface area contributed by atoms with Crippen molar-refractivity contribution in [2.75, 3.05) is 26.4 Å². The van der Waals surface area contributed by atoms with Gasteiger partial charge in [-0.05, 0) is 56.0 Å². The molecule has 2 aromatic rings. The first-order valence-corrected chi connectivity index (χ1v) is 13.3. The highest BCUT2D eigenvalue weighted by atomic mass is 32.2. The van der Waals surface area contributed by atoms with E-state index in [1.165, 1.54) is 29.7 Å². The van der Waals surface area contributed by atoms with Gasteiger partial charge in [0.25, 0.3) is 5.91 Å². The van der Waals surface area contributed by atoms with Gasteiger partial charge < -0.3 is 19.1 Å². The number of cyclic esters (lactones) is 1. The zero-order valence-corrected chi connectivity index (χ0v) is 20.8. The van der Waals surface area contributed by atoms with Crippen LogP contribution in [0.5, 0.6) is 5.75 Å². The minimum Gasteiger partial charge on any atom is -0.494 e. The molecule has 0 unspecified atom stereocenters. The molecule has 2 atom stereocenters. The van der Waals surface area contributed by atoms with Gasteiger partial charge in [-0.3, -0.25) is 10.0 Å². The lowest BCUT2D eigenvalue weighted by Gasteiger charge is -2.34. The Hall–Kier alpha value is -3.15. The number of sulfone groups is 1. The molecule has 0 aromatic heterocycles. The molecular formula is C25H30N2O8S. The lowest BCUT2D eigenvalue weighted by molar-refractivity contribution is -0.134. The molecule has 0 radical (unpaired) electrons. The van der Waals surface area contributed by atoms with Gasteiger partial charge in [0.05, 0.1) is 17.5 Å². The quantitative estimate of drug-likeness (QED) is 0.294. The predicted molar refractivity (Wildman–Crippen MR) is 128 cm³/mol. The Bertz CT molecular complexity index is 1160. The highest BCUT2D eigenvalue weighted by Gasteiger charge is 2.52. The predicted octanol–water partition coefficient (Wildman–Crippen LogP) is 2.87. The summed E-state index contributed by atoms with van der Waals surface area (Å²) >= 11 is 0. The van der Waals surface area contributed by atoms with E-state index < -0.39 is 20.5 Å². The zero-order valence-electron chi connectivity index (χ0n) is 20.0. The Balaban J connectivity index is 1.33. The van der Waals surface area contributed by atoms with E-state index in [1.54, 1.807) is 4.90 Å². The van der Waals surface area contributed by atoms with Crippen molar-refractivity contribution in [2.45, 2.75) is 48.0 Å². The zero-order chi connectivity index (χ0) is 25.8. The van der Waals surface area contributed by atoms with Crippen molar-refractivity contribution in [3.05, 3.63) is 60.2 Å². The average Bonchev–Trinajstić information content (AvgIpc) is 3.20. The number of nitrogens with one attached hydrogen (secondary N) is 1. The molecule has 2 aliphatic rings. The molecule has 2 saturated heterocycles. The third-order valence-corrected chi connectivity index (χ3v) is 9.31. The summed E-state index contributed by atoms with van der Waals surface area (Å²) in [5.74, 6) is -0.504. The van der Waals surface area contributed by atoms with Crippen molar-refractivity contribution < 1.29 is 37.4 Å². The lowest BCUT2D eigenvalue weighted by atomic mass is 9.98. The maximum Gasteiger partial charge on any atom is 0.410 e. The molecule has 2 N–H and O–H groups in total. The minimum atomic E-state index is -4.09. The van der Waals surface area contributed by atoms with Crippen LogP contribution in [0.2, 0.25) is 0 Å².